The van der Waals surface area contributed by atoms with Crippen LogP contribution in [-0.4, -0.2) is 56.6 Å². The number of ether oxygens (including phenoxy) is 1. The second-order valence-corrected chi connectivity index (χ2v) is 7.22. The fraction of sp³-hybridized carbons (Fsp3) is 0.400. The van der Waals surface area contributed by atoms with Crippen molar-refractivity contribution in [3.63, 3.8) is 0 Å². The molecule has 9 heteroatoms. The largest absolute Gasteiger partial charge is 0.486 e. The molecule has 0 saturated carbocycles. The van der Waals surface area contributed by atoms with Crippen molar-refractivity contribution in [1.29, 1.82) is 0 Å². The molecule has 29 heavy (non-hydrogen) atoms. The highest BCUT2D eigenvalue weighted by molar-refractivity contribution is 5.92. The summed E-state index contributed by atoms with van der Waals surface area (Å²) in [5, 5.41) is 6.92. The summed E-state index contributed by atoms with van der Waals surface area (Å²) in [6, 6.07) is 3.45. The molecule has 2 N–H and O–H groups in total. The third-order valence-corrected chi connectivity index (χ3v) is 5.16. The fourth-order valence-electron chi connectivity index (χ4n) is 3.47. The maximum absolute atomic E-state index is 12.1. The third kappa shape index (κ3) is 3.73. The number of aryl methyl sites for hydroxylation is 2. The Bertz CT molecular complexity index is 1110. The number of likely N-dealkylation sites (tertiary alicyclic amines) is 1. The van der Waals surface area contributed by atoms with Crippen LogP contribution >= 0.6 is 0 Å². The number of hydrogen-bond acceptors (Lipinski definition) is 6. The van der Waals surface area contributed by atoms with E-state index in [1.54, 1.807) is 36.1 Å². The highest BCUT2D eigenvalue weighted by Gasteiger charge is 2.29. The molecule has 9 nitrogen and oxygen atoms in total. The van der Waals surface area contributed by atoms with Gasteiger partial charge in [-0.2, -0.15) is 5.10 Å². The van der Waals surface area contributed by atoms with E-state index in [4.69, 9.17) is 4.74 Å². The maximum Gasteiger partial charge on any atom is 0.269 e. The number of H-pyrrole nitrogens is 1. The Kier molecular flexibility index (Phi) is 5.06. The van der Waals surface area contributed by atoms with Crippen molar-refractivity contribution in [2.24, 2.45) is 0 Å². The summed E-state index contributed by atoms with van der Waals surface area (Å²) in [6.07, 6.45) is 4.32. The molecule has 3 aromatic rings. The van der Waals surface area contributed by atoms with Gasteiger partial charge in [0.2, 0.25) is 0 Å². The van der Waals surface area contributed by atoms with Gasteiger partial charge in [-0.3, -0.25) is 14.5 Å². The summed E-state index contributed by atoms with van der Waals surface area (Å²) in [6.45, 7) is 6.01. The number of carbonyl (C=O) groups excluding carboxylic acids is 1. The second-order valence-electron chi connectivity index (χ2n) is 7.22. The van der Waals surface area contributed by atoms with Gasteiger partial charge in [0.25, 0.3) is 11.5 Å². The normalized spacial score (nSPS) is 14.7. The van der Waals surface area contributed by atoms with Crippen molar-refractivity contribution < 1.29 is 9.53 Å². The maximum atomic E-state index is 12.1. The Labute approximate surface area is 167 Å². The van der Waals surface area contributed by atoms with Crippen LogP contribution in [0.1, 0.15) is 34.2 Å². The molecule has 152 valence electrons. The smallest absolute Gasteiger partial charge is 0.269 e. The van der Waals surface area contributed by atoms with Gasteiger partial charge < -0.3 is 15.0 Å². The first-order valence-corrected chi connectivity index (χ1v) is 9.65. The summed E-state index contributed by atoms with van der Waals surface area (Å²) in [7, 11) is 1.58. The number of fused-ring (bicyclic) bond motifs is 1. The van der Waals surface area contributed by atoms with E-state index in [2.05, 4.69) is 25.3 Å². The van der Waals surface area contributed by atoms with Crippen LogP contribution in [0.5, 0.6) is 5.75 Å². The van der Waals surface area contributed by atoms with Crippen LogP contribution in [0.15, 0.2) is 29.3 Å². The molecule has 1 amide bonds. The van der Waals surface area contributed by atoms with E-state index in [-0.39, 0.29) is 17.6 Å². The van der Waals surface area contributed by atoms with E-state index in [9.17, 15) is 9.59 Å². The minimum absolute atomic E-state index is 0.0604. The molecular formula is C20H24N6O3. The minimum Gasteiger partial charge on any atom is -0.486 e. The molecule has 1 saturated heterocycles. The molecule has 3 aromatic heterocycles. The number of aromatic amines is 1. The third-order valence-electron chi connectivity index (χ3n) is 5.16. The summed E-state index contributed by atoms with van der Waals surface area (Å²) in [5.74, 6) is 0.474. The predicted octanol–water partition coefficient (Wildman–Crippen LogP) is 0.911. The van der Waals surface area contributed by atoms with Gasteiger partial charge in [-0.1, -0.05) is 6.92 Å². The number of aromatic nitrogens is 4. The van der Waals surface area contributed by atoms with Crippen LogP contribution in [-0.2, 0) is 13.0 Å². The highest BCUT2D eigenvalue weighted by atomic mass is 16.5. The zero-order chi connectivity index (χ0) is 20.5. The van der Waals surface area contributed by atoms with Gasteiger partial charge in [-0.15, -0.1) is 0 Å². The van der Waals surface area contributed by atoms with Crippen LogP contribution in [0.2, 0.25) is 0 Å². The molecule has 0 bridgehead atoms. The second kappa shape index (κ2) is 7.67. The standard InChI is InChI=1S/C20H24N6O3/c1-4-13-9-26-18(24-19(13)27)14(7-22-26)8-25-10-15(11-25)29-17-6-5-16(20(28)21-3)23-12(17)2/h5-7,9,15H,4,8,10-11H2,1-3H3,(H,21,28)(H,24,27). The molecule has 0 spiro atoms. The van der Waals surface area contributed by atoms with Gasteiger partial charge in [-0.05, 0) is 25.5 Å². The Balaban J connectivity index is 1.37. The van der Waals surface area contributed by atoms with Crippen molar-refractivity contribution in [1.82, 2.24) is 29.8 Å². The average Bonchev–Trinajstić information content (AvgIpc) is 3.07. The molecule has 4 heterocycles. The van der Waals surface area contributed by atoms with Gasteiger partial charge in [0.15, 0.2) is 0 Å². The van der Waals surface area contributed by atoms with E-state index in [0.29, 0.717) is 30.1 Å². The molecule has 0 unspecified atom stereocenters. The lowest BCUT2D eigenvalue weighted by molar-refractivity contribution is 0.0141. The Morgan fingerprint density at radius 2 is 2.14 bits per heavy atom. The predicted molar refractivity (Wildman–Crippen MR) is 107 cm³/mol. The van der Waals surface area contributed by atoms with Crippen molar-refractivity contribution >= 4 is 11.6 Å². The van der Waals surface area contributed by atoms with Gasteiger partial charge in [0, 0.05) is 44.0 Å². The number of rotatable bonds is 6. The van der Waals surface area contributed by atoms with Crippen molar-refractivity contribution in [2.45, 2.75) is 32.9 Å². The lowest BCUT2D eigenvalue weighted by Gasteiger charge is -2.38. The van der Waals surface area contributed by atoms with Crippen LogP contribution in [0.3, 0.4) is 0 Å². The average molecular weight is 396 g/mol. The van der Waals surface area contributed by atoms with Gasteiger partial charge in [-0.25, -0.2) is 9.50 Å². The molecule has 4 rings (SSSR count). The van der Waals surface area contributed by atoms with E-state index in [1.165, 1.54) is 0 Å². The number of hydrogen-bond donors (Lipinski definition) is 2. The van der Waals surface area contributed by atoms with Crippen molar-refractivity contribution in [3.8, 4) is 5.75 Å². The lowest BCUT2D eigenvalue weighted by atomic mass is 10.1. The van der Waals surface area contributed by atoms with Crippen LogP contribution < -0.4 is 15.6 Å². The van der Waals surface area contributed by atoms with E-state index in [0.717, 1.165) is 29.9 Å². The van der Waals surface area contributed by atoms with E-state index >= 15 is 0 Å². The molecule has 1 aliphatic heterocycles. The zero-order valence-electron chi connectivity index (χ0n) is 16.7. The first-order chi connectivity index (χ1) is 14.0. The van der Waals surface area contributed by atoms with Gasteiger partial charge in [0.05, 0.1) is 11.9 Å². The topological polar surface area (TPSA) is 105 Å². The number of nitrogens with one attached hydrogen (secondary N) is 2. The molecule has 0 aromatic carbocycles. The molecule has 0 radical (unpaired) electrons. The summed E-state index contributed by atoms with van der Waals surface area (Å²) in [4.78, 5) is 33.2. The number of pyridine rings is 1. The fourth-order valence-corrected chi connectivity index (χ4v) is 3.47. The monoisotopic (exact) mass is 396 g/mol. The Hall–Kier alpha value is -3.20. The van der Waals surface area contributed by atoms with Crippen LogP contribution in [0, 0.1) is 6.92 Å². The Morgan fingerprint density at radius 3 is 2.83 bits per heavy atom. The molecule has 1 aliphatic rings. The van der Waals surface area contributed by atoms with Crippen molar-refractivity contribution in [3.05, 3.63) is 57.4 Å². The first kappa shape index (κ1) is 19.1. The summed E-state index contributed by atoms with van der Waals surface area (Å²) < 4.78 is 7.75. The quantitative estimate of drug-likeness (QED) is 0.642. The van der Waals surface area contributed by atoms with Crippen LogP contribution in [0.4, 0.5) is 0 Å². The summed E-state index contributed by atoms with van der Waals surface area (Å²) >= 11 is 0. The SMILES string of the molecule is CCc1cn2ncc(CN3CC(Oc4ccc(C(=O)NC)nc4C)C3)c2[nH]c1=O. The first-order valence-electron chi connectivity index (χ1n) is 9.65. The molecule has 1 fully saturated rings. The number of nitrogens with zero attached hydrogens (tertiary/aromatic N) is 4. The van der Waals surface area contributed by atoms with E-state index in [1.807, 2.05) is 13.8 Å². The molecule has 0 aliphatic carbocycles. The van der Waals surface area contributed by atoms with Gasteiger partial charge >= 0.3 is 0 Å². The van der Waals surface area contributed by atoms with E-state index < -0.39 is 0 Å². The van der Waals surface area contributed by atoms with Crippen LogP contribution in [0.25, 0.3) is 5.65 Å². The highest BCUT2D eigenvalue weighted by Crippen LogP contribution is 2.23. The summed E-state index contributed by atoms with van der Waals surface area (Å²) in [5.41, 5.74) is 3.44. The molecule has 0 atom stereocenters. The minimum atomic E-state index is -0.216. The van der Waals surface area contributed by atoms with Gasteiger partial charge in [0.1, 0.15) is 23.2 Å². The number of carbonyl (C=O) groups is 1. The number of amides is 1. The molecular weight excluding hydrogens is 372 g/mol. The van der Waals surface area contributed by atoms with Crippen molar-refractivity contribution in [2.75, 3.05) is 20.1 Å². The zero-order valence-corrected chi connectivity index (χ0v) is 16.7. The Morgan fingerprint density at radius 1 is 1.34 bits per heavy atom. The lowest BCUT2D eigenvalue weighted by Crippen LogP contribution is -2.53.